The molecule has 78 valence electrons. The van der Waals surface area contributed by atoms with Crippen LogP contribution in [0.5, 0.6) is 0 Å². The van der Waals surface area contributed by atoms with Gasteiger partial charge >= 0.3 is 0 Å². The van der Waals surface area contributed by atoms with Gasteiger partial charge in [-0.2, -0.15) is 0 Å². The summed E-state index contributed by atoms with van der Waals surface area (Å²) >= 11 is 0. The van der Waals surface area contributed by atoms with Crippen LogP contribution in [0.2, 0.25) is 0 Å². The second-order valence-electron chi connectivity index (χ2n) is 5.48. The quantitative estimate of drug-likeness (QED) is 0.599. The van der Waals surface area contributed by atoms with E-state index < -0.39 is 0 Å². The Balaban J connectivity index is 2.34. The normalized spacial score (nSPS) is 28.8. The molecule has 0 N–H and O–H groups in total. The number of ether oxygens (including phenoxy) is 2. The molecule has 1 fully saturated rings. The molecule has 13 heavy (non-hydrogen) atoms. The number of likely N-dealkylation sites (N-methyl/N-ethyl adjacent to an activating group) is 1. The fourth-order valence-electron chi connectivity index (χ4n) is 1.44. The molecule has 0 saturated carbocycles. The number of quaternary nitrogens is 1. The molecule has 0 aromatic heterocycles. The van der Waals surface area contributed by atoms with Gasteiger partial charge in [-0.3, -0.25) is 0 Å². The number of rotatable bonds is 2. The van der Waals surface area contributed by atoms with E-state index in [0.717, 1.165) is 17.6 Å². The first-order chi connectivity index (χ1) is 5.79. The van der Waals surface area contributed by atoms with Crippen molar-refractivity contribution in [3.63, 3.8) is 0 Å². The van der Waals surface area contributed by atoms with Gasteiger partial charge < -0.3 is 14.0 Å². The SMILES string of the molecule is CC1(C)CO[C@H](C[N+](C)(C)C)CO1. The fourth-order valence-corrected chi connectivity index (χ4v) is 1.44. The zero-order valence-electron chi connectivity index (χ0n) is 9.46. The average molecular weight is 188 g/mol. The maximum atomic E-state index is 5.73. The molecule has 3 nitrogen and oxygen atoms in total. The Morgan fingerprint density at radius 2 is 1.92 bits per heavy atom. The fraction of sp³-hybridized carbons (Fsp3) is 1.00. The summed E-state index contributed by atoms with van der Waals surface area (Å²) < 4.78 is 12.3. The Labute approximate surface area is 81.2 Å². The molecule has 1 heterocycles. The van der Waals surface area contributed by atoms with Crippen molar-refractivity contribution in [2.75, 3.05) is 40.9 Å². The topological polar surface area (TPSA) is 18.5 Å². The molecule has 0 unspecified atom stereocenters. The molecule has 0 aromatic carbocycles. The highest BCUT2D eigenvalue weighted by Gasteiger charge is 2.30. The highest BCUT2D eigenvalue weighted by Crippen LogP contribution is 2.18. The molecule has 0 bridgehead atoms. The molecular formula is C10H22NO2+. The smallest absolute Gasteiger partial charge is 0.130 e. The van der Waals surface area contributed by atoms with E-state index in [1.165, 1.54) is 0 Å². The number of hydrogen-bond acceptors (Lipinski definition) is 2. The maximum Gasteiger partial charge on any atom is 0.130 e. The third-order valence-corrected chi connectivity index (χ3v) is 2.08. The van der Waals surface area contributed by atoms with E-state index in [2.05, 4.69) is 35.0 Å². The van der Waals surface area contributed by atoms with Gasteiger partial charge in [0.2, 0.25) is 0 Å². The molecule has 1 atom stereocenters. The van der Waals surface area contributed by atoms with Crippen molar-refractivity contribution in [1.82, 2.24) is 0 Å². The molecule has 1 rings (SSSR count). The van der Waals surface area contributed by atoms with Gasteiger partial charge in [0.05, 0.1) is 40.0 Å². The largest absolute Gasteiger partial charge is 0.370 e. The maximum absolute atomic E-state index is 5.73. The van der Waals surface area contributed by atoms with Crippen LogP contribution in [0.3, 0.4) is 0 Å². The molecule has 0 radical (unpaired) electrons. The number of hydrogen-bond donors (Lipinski definition) is 0. The van der Waals surface area contributed by atoms with E-state index in [1.807, 2.05) is 0 Å². The van der Waals surface area contributed by atoms with E-state index in [4.69, 9.17) is 9.47 Å². The molecule has 3 heteroatoms. The minimum atomic E-state index is -0.0958. The lowest BCUT2D eigenvalue weighted by Crippen LogP contribution is -2.50. The molecule has 1 aliphatic rings. The van der Waals surface area contributed by atoms with Gasteiger partial charge in [-0.05, 0) is 13.8 Å². The summed E-state index contributed by atoms with van der Waals surface area (Å²) in [5.41, 5.74) is -0.0958. The Hall–Kier alpha value is -0.120. The highest BCUT2D eigenvalue weighted by molar-refractivity contribution is 4.74. The summed E-state index contributed by atoms with van der Waals surface area (Å²) in [7, 11) is 6.51. The lowest BCUT2D eigenvalue weighted by molar-refractivity contribution is -0.874. The van der Waals surface area contributed by atoms with E-state index in [1.54, 1.807) is 0 Å². The summed E-state index contributed by atoms with van der Waals surface area (Å²) in [6.45, 7) is 6.57. The molecule has 0 spiro atoms. The summed E-state index contributed by atoms with van der Waals surface area (Å²) in [5.74, 6) is 0. The second kappa shape index (κ2) is 3.56. The van der Waals surface area contributed by atoms with E-state index in [9.17, 15) is 0 Å². The highest BCUT2D eigenvalue weighted by atomic mass is 16.6. The zero-order chi connectivity index (χ0) is 10.1. The lowest BCUT2D eigenvalue weighted by atomic mass is 10.1. The van der Waals surface area contributed by atoms with Crippen LogP contribution in [0, 0.1) is 0 Å². The summed E-state index contributed by atoms with van der Waals surface area (Å²) in [6, 6.07) is 0. The van der Waals surface area contributed by atoms with E-state index in [-0.39, 0.29) is 11.7 Å². The molecule has 0 aromatic rings. The van der Waals surface area contributed by atoms with Gasteiger partial charge in [-0.25, -0.2) is 0 Å². The van der Waals surface area contributed by atoms with Gasteiger partial charge in [-0.1, -0.05) is 0 Å². The molecule has 0 aliphatic carbocycles. The predicted octanol–water partition coefficient (Wildman–Crippen LogP) is 0.887. The monoisotopic (exact) mass is 188 g/mol. The molecule has 1 saturated heterocycles. The molecule has 0 amide bonds. The van der Waals surface area contributed by atoms with Crippen molar-refractivity contribution in [1.29, 1.82) is 0 Å². The third-order valence-electron chi connectivity index (χ3n) is 2.08. The summed E-state index contributed by atoms with van der Waals surface area (Å²) in [6.07, 6.45) is 0.257. The summed E-state index contributed by atoms with van der Waals surface area (Å²) in [4.78, 5) is 0. The standard InChI is InChI=1S/C10H22NO2/c1-10(2)8-12-9(7-13-10)6-11(3,4)5/h9H,6-8H2,1-5H3/q+1/t9-/m1/s1. The van der Waals surface area contributed by atoms with Crippen LogP contribution >= 0.6 is 0 Å². The minimum Gasteiger partial charge on any atom is -0.370 e. The van der Waals surface area contributed by atoms with Gasteiger partial charge in [-0.15, -0.1) is 0 Å². The Bertz CT molecular complexity index is 162. The predicted molar refractivity (Wildman–Crippen MR) is 52.7 cm³/mol. The third kappa shape index (κ3) is 4.07. The van der Waals surface area contributed by atoms with Crippen LogP contribution in [0.15, 0.2) is 0 Å². The van der Waals surface area contributed by atoms with Crippen LogP contribution in [0.25, 0.3) is 0 Å². The van der Waals surface area contributed by atoms with Gasteiger partial charge in [0.15, 0.2) is 0 Å². The van der Waals surface area contributed by atoms with Crippen molar-refractivity contribution in [2.45, 2.75) is 25.6 Å². The van der Waals surface area contributed by atoms with Crippen LogP contribution in [-0.2, 0) is 9.47 Å². The van der Waals surface area contributed by atoms with Gasteiger partial charge in [0.1, 0.15) is 12.6 Å². The Morgan fingerprint density at radius 1 is 1.31 bits per heavy atom. The van der Waals surface area contributed by atoms with Crippen LogP contribution in [-0.4, -0.2) is 57.1 Å². The van der Waals surface area contributed by atoms with E-state index >= 15 is 0 Å². The van der Waals surface area contributed by atoms with Crippen molar-refractivity contribution in [2.24, 2.45) is 0 Å². The van der Waals surface area contributed by atoms with E-state index in [0.29, 0.717) is 6.61 Å². The molecule has 1 aliphatic heterocycles. The lowest BCUT2D eigenvalue weighted by Gasteiger charge is -2.37. The first-order valence-electron chi connectivity index (χ1n) is 4.85. The average Bonchev–Trinajstić information content (AvgIpc) is 1.91. The number of nitrogens with zero attached hydrogens (tertiary/aromatic N) is 1. The first kappa shape index (κ1) is 11.0. The van der Waals surface area contributed by atoms with Crippen molar-refractivity contribution >= 4 is 0 Å². The van der Waals surface area contributed by atoms with Crippen molar-refractivity contribution in [3.05, 3.63) is 0 Å². The second-order valence-corrected chi connectivity index (χ2v) is 5.48. The zero-order valence-corrected chi connectivity index (χ0v) is 9.46. The Morgan fingerprint density at radius 3 is 2.31 bits per heavy atom. The van der Waals surface area contributed by atoms with Crippen LogP contribution in [0.1, 0.15) is 13.8 Å². The summed E-state index contributed by atoms with van der Waals surface area (Å²) in [5, 5.41) is 0. The van der Waals surface area contributed by atoms with Crippen LogP contribution in [0.4, 0.5) is 0 Å². The van der Waals surface area contributed by atoms with Crippen LogP contribution < -0.4 is 0 Å². The van der Waals surface area contributed by atoms with Crippen molar-refractivity contribution < 1.29 is 14.0 Å². The Kier molecular flexibility index (Phi) is 3.00. The first-order valence-corrected chi connectivity index (χ1v) is 4.85. The van der Waals surface area contributed by atoms with Gasteiger partial charge in [0, 0.05) is 0 Å². The molecular weight excluding hydrogens is 166 g/mol. The van der Waals surface area contributed by atoms with Crippen molar-refractivity contribution in [3.8, 4) is 0 Å². The van der Waals surface area contributed by atoms with Gasteiger partial charge in [0.25, 0.3) is 0 Å². The minimum absolute atomic E-state index is 0.0958.